The van der Waals surface area contributed by atoms with Gasteiger partial charge in [-0.3, -0.25) is 9.82 Å². The van der Waals surface area contributed by atoms with Gasteiger partial charge in [0.25, 0.3) is 10.0 Å². The summed E-state index contributed by atoms with van der Waals surface area (Å²) in [5.41, 5.74) is 0.405. The molecule has 84 valence electrons. The van der Waals surface area contributed by atoms with E-state index in [2.05, 4.69) is 14.9 Å². The van der Waals surface area contributed by atoms with Crippen LogP contribution in [0.2, 0.25) is 5.02 Å². The lowest BCUT2D eigenvalue weighted by Crippen LogP contribution is -2.13. The van der Waals surface area contributed by atoms with Crippen LogP contribution in [0.25, 0.3) is 0 Å². The number of halogens is 1. The first-order chi connectivity index (χ1) is 7.58. The average Bonchev–Trinajstić information content (AvgIpc) is 2.69. The molecule has 2 aromatic rings. The lowest BCUT2D eigenvalue weighted by atomic mass is 10.3. The average molecular weight is 258 g/mol. The largest absolute Gasteiger partial charge is 0.278 e. The van der Waals surface area contributed by atoms with E-state index < -0.39 is 10.0 Å². The molecule has 0 aliphatic rings. The Labute approximate surface area is 97.5 Å². The second kappa shape index (κ2) is 4.15. The van der Waals surface area contributed by atoms with Crippen molar-refractivity contribution in [2.24, 2.45) is 0 Å². The Kier molecular flexibility index (Phi) is 2.84. The first-order valence-corrected chi connectivity index (χ1v) is 6.22. The van der Waals surface area contributed by atoms with E-state index >= 15 is 0 Å². The standard InChI is InChI=1S/C9H8ClN3O2S/c10-7-2-1-3-8(6-7)13-16(14,15)9-4-5-11-12-9/h1-6,13H,(H,11,12). The topological polar surface area (TPSA) is 74.8 Å². The summed E-state index contributed by atoms with van der Waals surface area (Å²) in [6.07, 6.45) is 1.37. The first-order valence-electron chi connectivity index (χ1n) is 4.36. The minimum atomic E-state index is -3.61. The summed E-state index contributed by atoms with van der Waals surface area (Å²) in [5.74, 6) is 0. The van der Waals surface area contributed by atoms with Gasteiger partial charge in [-0.25, -0.2) is 0 Å². The van der Waals surface area contributed by atoms with Crippen molar-refractivity contribution in [1.82, 2.24) is 10.2 Å². The maximum atomic E-state index is 11.7. The number of hydrogen-bond acceptors (Lipinski definition) is 3. The highest BCUT2D eigenvalue weighted by Gasteiger charge is 2.15. The molecule has 0 saturated heterocycles. The Bertz CT molecular complexity index is 581. The van der Waals surface area contributed by atoms with E-state index in [1.165, 1.54) is 18.3 Å². The summed E-state index contributed by atoms with van der Waals surface area (Å²) in [7, 11) is -3.61. The van der Waals surface area contributed by atoms with Crippen molar-refractivity contribution in [3.63, 3.8) is 0 Å². The van der Waals surface area contributed by atoms with E-state index in [0.717, 1.165) is 0 Å². The molecular weight excluding hydrogens is 250 g/mol. The molecule has 0 radical (unpaired) electrons. The van der Waals surface area contributed by atoms with Crippen LogP contribution in [0.15, 0.2) is 41.6 Å². The van der Waals surface area contributed by atoms with Crippen LogP contribution < -0.4 is 4.72 Å². The lowest BCUT2D eigenvalue weighted by molar-refractivity contribution is 0.597. The number of nitrogens with one attached hydrogen (secondary N) is 2. The number of H-pyrrole nitrogens is 1. The van der Waals surface area contributed by atoms with Crippen LogP contribution in [0.5, 0.6) is 0 Å². The Balaban J connectivity index is 2.29. The molecule has 0 atom stereocenters. The van der Waals surface area contributed by atoms with Crippen LogP contribution in [-0.2, 0) is 10.0 Å². The van der Waals surface area contributed by atoms with Gasteiger partial charge in [0.05, 0.1) is 11.9 Å². The van der Waals surface area contributed by atoms with Crippen molar-refractivity contribution >= 4 is 27.3 Å². The van der Waals surface area contributed by atoms with Crippen molar-refractivity contribution in [3.8, 4) is 0 Å². The molecule has 0 saturated carbocycles. The normalized spacial score (nSPS) is 11.3. The van der Waals surface area contributed by atoms with Gasteiger partial charge < -0.3 is 0 Å². The van der Waals surface area contributed by atoms with Gasteiger partial charge in [-0.1, -0.05) is 17.7 Å². The molecule has 1 aromatic carbocycles. The van der Waals surface area contributed by atoms with E-state index in [-0.39, 0.29) is 5.03 Å². The van der Waals surface area contributed by atoms with Gasteiger partial charge in [-0.15, -0.1) is 0 Å². The number of hydrogen-bond donors (Lipinski definition) is 2. The van der Waals surface area contributed by atoms with E-state index in [0.29, 0.717) is 10.7 Å². The molecule has 0 spiro atoms. The molecule has 0 fully saturated rings. The molecule has 0 aliphatic heterocycles. The molecule has 1 aromatic heterocycles. The zero-order chi connectivity index (χ0) is 11.6. The van der Waals surface area contributed by atoms with Crippen LogP contribution in [-0.4, -0.2) is 18.6 Å². The van der Waals surface area contributed by atoms with Gasteiger partial charge in [0, 0.05) is 5.02 Å². The highest BCUT2D eigenvalue weighted by atomic mass is 35.5. The van der Waals surface area contributed by atoms with Crippen LogP contribution in [0.3, 0.4) is 0 Å². The zero-order valence-electron chi connectivity index (χ0n) is 8.01. The van der Waals surface area contributed by atoms with Crippen molar-refractivity contribution in [1.29, 1.82) is 0 Å². The molecule has 1 heterocycles. The third-order valence-electron chi connectivity index (χ3n) is 1.84. The van der Waals surface area contributed by atoms with Gasteiger partial charge in [0.15, 0.2) is 5.03 Å². The molecule has 0 amide bonds. The van der Waals surface area contributed by atoms with Gasteiger partial charge in [-0.2, -0.15) is 13.5 Å². The Morgan fingerprint density at radius 2 is 2.12 bits per heavy atom. The molecule has 2 rings (SSSR count). The molecule has 0 bridgehead atoms. The van der Waals surface area contributed by atoms with Crippen LogP contribution >= 0.6 is 11.6 Å². The fraction of sp³-hybridized carbons (Fsp3) is 0. The molecule has 7 heteroatoms. The summed E-state index contributed by atoms with van der Waals surface area (Å²) in [6.45, 7) is 0. The summed E-state index contributed by atoms with van der Waals surface area (Å²) < 4.78 is 25.9. The molecule has 2 N–H and O–H groups in total. The van der Waals surface area contributed by atoms with E-state index in [1.807, 2.05) is 0 Å². The van der Waals surface area contributed by atoms with Gasteiger partial charge in [-0.05, 0) is 24.3 Å². The first kappa shape index (κ1) is 11.0. The molecule has 5 nitrogen and oxygen atoms in total. The summed E-state index contributed by atoms with van der Waals surface area (Å²) in [6, 6.07) is 7.82. The number of nitrogens with zero attached hydrogens (tertiary/aromatic N) is 1. The zero-order valence-corrected chi connectivity index (χ0v) is 9.59. The van der Waals surface area contributed by atoms with E-state index in [4.69, 9.17) is 11.6 Å². The van der Waals surface area contributed by atoms with Crippen LogP contribution in [0.1, 0.15) is 0 Å². The number of benzene rings is 1. The van der Waals surface area contributed by atoms with Crippen molar-refractivity contribution in [2.75, 3.05) is 4.72 Å². The Morgan fingerprint density at radius 3 is 2.75 bits per heavy atom. The predicted octanol–water partition coefficient (Wildman–Crippen LogP) is 1.86. The Hall–Kier alpha value is -1.53. The smallest absolute Gasteiger partial charge is 0.278 e. The monoisotopic (exact) mass is 257 g/mol. The summed E-state index contributed by atoms with van der Waals surface area (Å²) in [5, 5.41) is 6.43. The minimum Gasteiger partial charge on any atom is -0.278 e. The van der Waals surface area contributed by atoms with Gasteiger partial charge >= 0.3 is 0 Å². The number of sulfonamides is 1. The predicted molar refractivity (Wildman–Crippen MR) is 60.8 cm³/mol. The second-order valence-corrected chi connectivity index (χ2v) is 5.12. The number of rotatable bonds is 3. The molecule has 0 unspecified atom stereocenters. The Morgan fingerprint density at radius 1 is 1.31 bits per heavy atom. The summed E-state index contributed by atoms with van der Waals surface area (Å²) in [4.78, 5) is 0. The minimum absolute atomic E-state index is 0.00692. The van der Waals surface area contributed by atoms with Crippen molar-refractivity contribution < 1.29 is 8.42 Å². The highest BCUT2D eigenvalue weighted by molar-refractivity contribution is 7.92. The van der Waals surface area contributed by atoms with E-state index in [1.54, 1.807) is 18.2 Å². The number of aromatic nitrogens is 2. The highest BCUT2D eigenvalue weighted by Crippen LogP contribution is 2.18. The number of anilines is 1. The fourth-order valence-electron chi connectivity index (χ4n) is 1.15. The third-order valence-corrected chi connectivity index (χ3v) is 3.39. The van der Waals surface area contributed by atoms with Crippen molar-refractivity contribution in [2.45, 2.75) is 5.03 Å². The molecule has 0 aliphatic carbocycles. The van der Waals surface area contributed by atoms with Gasteiger partial charge in [0.2, 0.25) is 0 Å². The van der Waals surface area contributed by atoms with Gasteiger partial charge in [0.1, 0.15) is 0 Å². The lowest BCUT2D eigenvalue weighted by Gasteiger charge is -2.05. The quantitative estimate of drug-likeness (QED) is 0.881. The van der Waals surface area contributed by atoms with Crippen molar-refractivity contribution in [3.05, 3.63) is 41.6 Å². The van der Waals surface area contributed by atoms with E-state index in [9.17, 15) is 8.42 Å². The third kappa shape index (κ3) is 2.34. The SMILES string of the molecule is O=S(=O)(Nc1cccc(Cl)c1)c1ccn[nH]1. The number of aromatic amines is 1. The fourth-order valence-corrected chi connectivity index (χ4v) is 2.31. The summed E-state index contributed by atoms with van der Waals surface area (Å²) >= 11 is 5.74. The van der Waals surface area contributed by atoms with Crippen LogP contribution in [0.4, 0.5) is 5.69 Å². The molecule has 16 heavy (non-hydrogen) atoms. The van der Waals surface area contributed by atoms with Crippen LogP contribution in [0, 0.1) is 0 Å². The maximum absolute atomic E-state index is 11.7. The maximum Gasteiger partial charge on any atom is 0.278 e. The second-order valence-electron chi connectivity index (χ2n) is 3.04. The molecular formula is C9H8ClN3O2S.